The van der Waals surface area contributed by atoms with E-state index in [0.717, 1.165) is 0 Å². The van der Waals surface area contributed by atoms with Gasteiger partial charge in [0.25, 0.3) is 0 Å². The van der Waals surface area contributed by atoms with Crippen LogP contribution >= 0.6 is 15.9 Å². The van der Waals surface area contributed by atoms with Gasteiger partial charge in [-0.05, 0) is 37.6 Å². The molecule has 0 bridgehead atoms. The van der Waals surface area contributed by atoms with Gasteiger partial charge in [-0.15, -0.1) is 0 Å². The summed E-state index contributed by atoms with van der Waals surface area (Å²) >= 11 is 3.17. The van der Waals surface area contributed by atoms with Crippen LogP contribution in [0, 0.1) is 22.6 Å². The Morgan fingerprint density at radius 2 is 2.22 bits per heavy atom. The molecule has 0 saturated carbocycles. The van der Waals surface area contributed by atoms with Crippen LogP contribution in [0.15, 0.2) is 22.7 Å². The van der Waals surface area contributed by atoms with E-state index < -0.39 is 17.2 Å². The minimum Gasteiger partial charge on any atom is -0.465 e. The highest BCUT2D eigenvalue weighted by atomic mass is 79.9. The molecule has 0 aliphatic heterocycles. The molecule has 0 aliphatic rings. The van der Waals surface area contributed by atoms with E-state index in [4.69, 9.17) is 10.00 Å². The van der Waals surface area contributed by atoms with Gasteiger partial charge in [-0.1, -0.05) is 15.9 Å². The standard InChI is InChI=1S/C13H13BrFNO2/c1-3-18-12(17)13(2,8-16)7-9-4-10(14)6-11(15)5-9/h4-6H,3,7H2,1-2H3. The Morgan fingerprint density at radius 3 is 2.72 bits per heavy atom. The number of benzene rings is 1. The Labute approximate surface area is 114 Å². The van der Waals surface area contributed by atoms with Crippen molar-refractivity contribution in [1.29, 1.82) is 5.26 Å². The zero-order valence-electron chi connectivity index (χ0n) is 10.2. The van der Waals surface area contributed by atoms with Crippen molar-refractivity contribution in [2.24, 2.45) is 5.41 Å². The average Bonchev–Trinajstić information content (AvgIpc) is 2.27. The van der Waals surface area contributed by atoms with Crippen molar-refractivity contribution in [3.8, 4) is 6.07 Å². The first-order chi connectivity index (χ1) is 8.41. The second kappa shape index (κ2) is 5.96. The van der Waals surface area contributed by atoms with E-state index in [1.54, 1.807) is 13.0 Å². The van der Waals surface area contributed by atoms with Crippen LogP contribution in [0.25, 0.3) is 0 Å². The largest absolute Gasteiger partial charge is 0.465 e. The highest BCUT2D eigenvalue weighted by molar-refractivity contribution is 9.10. The molecule has 0 fully saturated rings. The second-order valence-electron chi connectivity index (χ2n) is 4.12. The Hall–Kier alpha value is -1.41. The van der Waals surface area contributed by atoms with E-state index >= 15 is 0 Å². The Kier molecular flexibility index (Phi) is 4.85. The molecule has 1 aromatic carbocycles. The lowest BCUT2D eigenvalue weighted by molar-refractivity contribution is -0.151. The maximum Gasteiger partial charge on any atom is 0.326 e. The maximum absolute atomic E-state index is 13.2. The van der Waals surface area contributed by atoms with Crippen molar-refractivity contribution in [2.75, 3.05) is 6.61 Å². The fourth-order valence-electron chi connectivity index (χ4n) is 1.57. The Bertz CT molecular complexity index is 478. The van der Waals surface area contributed by atoms with E-state index in [9.17, 15) is 9.18 Å². The number of carbonyl (C=O) groups is 1. The van der Waals surface area contributed by atoms with Crippen LogP contribution in [-0.2, 0) is 16.0 Å². The number of hydrogen-bond acceptors (Lipinski definition) is 3. The van der Waals surface area contributed by atoms with Crippen LogP contribution in [0.4, 0.5) is 4.39 Å². The quantitative estimate of drug-likeness (QED) is 0.802. The molecule has 0 spiro atoms. The molecule has 18 heavy (non-hydrogen) atoms. The van der Waals surface area contributed by atoms with Gasteiger partial charge in [-0.25, -0.2) is 4.39 Å². The highest BCUT2D eigenvalue weighted by Crippen LogP contribution is 2.26. The number of nitriles is 1. The monoisotopic (exact) mass is 313 g/mol. The Morgan fingerprint density at radius 1 is 1.56 bits per heavy atom. The molecule has 0 N–H and O–H groups in total. The molecule has 0 radical (unpaired) electrons. The first-order valence-corrected chi connectivity index (χ1v) is 6.24. The van der Waals surface area contributed by atoms with E-state index in [2.05, 4.69) is 15.9 Å². The summed E-state index contributed by atoms with van der Waals surface area (Å²) in [6.07, 6.45) is 0.110. The number of carbonyl (C=O) groups excluding carboxylic acids is 1. The number of rotatable bonds is 4. The van der Waals surface area contributed by atoms with Gasteiger partial charge in [0.1, 0.15) is 5.82 Å². The number of halogens is 2. The normalized spacial score (nSPS) is 13.5. The molecular weight excluding hydrogens is 301 g/mol. The van der Waals surface area contributed by atoms with Crippen LogP contribution in [0.5, 0.6) is 0 Å². The lowest BCUT2D eigenvalue weighted by Crippen LogP contribution is -2.30. The molecule has 1 rings (SSSR count). The summed E-state index contributed by atoms with van der Waals surface area (Å²) in [5, 5.41) is 9.13. The van der Waals surface area contributed by atoms with Gasteiger partial charge < -0.3 is 4.74 Å². The molecule has 1 atom stereocenters. The van der Waals surface area contributed by atoms with Crippen LogP contribution in [0.1, 0.15) is 19.4 Å². The summed E-state index contributed by atoms with van der Waals surface area (Å²) < 4.78 is 18.7. The fraction of sp³-hybridized carbons (Fsp3) is 0.385. The molecule has 96 valence electrons. The van der Waals surface area contributed by atoms with E-state index in [1.807, 2.05) is 6.07 Å². The number of esters is 1. The molecule has 0 aromatic heterocycles. The molecule has 0 amide bonds. The van der Waals surface area contributed by atoms with Gasteiger partial charge in [0.15, 0.2) is 5.41 Å². The summed E-state index contributed by atoms with van der Waals surface area (Å²) in [6.45, 7) is 3.38. The number of hydrogen-bond donors (Lipinski definition) is 0. The van der Waals surface area contributed by atoms with E-state index in [-0.39, 0.29) is 13.0 Å². The molecular formula is C13H13BrFNO2. The molecule has 5 heteroatoms. The van der Waals surface area contributed by atoms with Crippen LogP contribution in [-0.4, -0.2) is 12.6 Å². The smallest absolute Gasteiger partial charge is 0.326 e. The van der Waals surface area contributed by atoms with Crippen LogP contribution < -0.4 is 0 Å². The average molecular weight is 314 g/mol. The van der Waals surface area contributed by atoms with Crippen molar-refractivity contribution in [1.82, 2.24) is 0 Å². The Balaban J connectivity index is 2.99. The van der Waals surface area contributed by atoms with E-state index in [0.29, 0.717) is 10.0 Å². The van der Waals surface area contributed by atoms with Crippen molar-refractivity contribution in [2.45, 2.75) is 20.3 Å². The lowest BCUT2D eigenvalue weighted by atomic mass is 9.85. The summed E-state index contributed by atoms with van der Waals surface area (Å²) in [5.41, 5.74) is -0.734. The second-order valence-corrected chi connectivity index (χ2v) is 5.03. The van der Waals surface area contributed by atoms with Gasteiger partial charge in [0, 0.05) is 10.9 Å². The molecule has 3 nitrogen and oxygen atoms in total. The molecule has 0 heterocycles. The summed E-state index contributed by atoms with van der Waals surface area (Å²) in [5.74, 6) is -1.00. The third-order valence-electron chi connectivity index (χ3n) is 2.45. The first kappa shape index (κ1) is 14.7. The third-order valence-corrected chi connectivity index (χ3v) is 2.91. The van der Waals surface area contributed by atoms with Gasteiger partial charge in [-0.3, -0.25) is 4.79 Å². The van der Waals surface area contributed by atoms with Crippen molar-refractivity contribution >= 4 is 21.9 Å². The van der Waals surface area contributed by atoms with Crippen molar-refractivity contribution < 1.29 is 13.9 Å². The fourth-order valence-corrected chi connectivity index (χ4v) is 2.08. The van der Waals surface area contributed by atoms with Gasteiger partial charge in [0.2, 0.25) is 0 Å². The summed E-state index contributed by atoms with van der Waals surface area (Å²) in [7, 11) is 0. The lowest BCUT2D eigenvalue weighted by Gasteiger charge is -2.19. The molecule has 1 aromatic rings. The highest BCUT2D eigenvalue weighted by Gasteiger charge is 2.35. The van der Waals surface area contributed by atoms with Crippen LogP contribution in [0.2, 0.25) is 0 Å². The minimum absolute atomic E-state index is 0.110. The van der Waals surface area contributed by atoms with Gasteiger partial charge in [0.05, 0.1) is 12.7 Å². The zero-order chi connectivity index (χ0) is 13.8. The van der Waals surface area contributed by atoms with Gasteiger partial charge >= 0.3 is 5.97 Å². The van der Waals surface area contributed by atoms with E-state index in [1.165, 1.54) is 19.1 Å². The van der Waals surface area contributed by atoms with Crippen LogP contribution in [0.3, 0.4) is 0 Å². The third kappa shape index (κ3) is 3.54. The number of ether oxygens (including phenoxy) is 1. The predicted octanol–water partition coefficient (Wildman–Crippen LogP) is 3.22. The van der Waals surface area contributed by atoms with Crippen molar-refractivity contribution in [3.05, 3.63) is 34.1 Å². The SMILES string of the molecule is CCOC(=O)C(C)(C#N)Cc1cc(F)cc(Br)c1. The minimum atomic E-state index is -1.30. The predicted molar refractivity (Wildman–Crippen MR) is 68.2 cm³/mol. The first-order valence-electron chi connectivity index (χ1n) is 5.44. The molecule has 0 aliphatic carbocycles. The summed E-state index contributed by atoms with van der Waals surface area (Å²) in [4.78, 5) is 11.7. The number of nitrogens with zero attached hydrogens (tertiary/aromatic N) is 1. The van der Waals surface area contributed by atoms with Gasteiger partial charge in [-0.2, -0.15) is 5.26 Å². The zero-order valence-corrected chi connectivity index (χ0v) is 11.8. The summed E-state index contributed by atoms with van der Waals surface area (Å²) in [6, 6.07) is 6.24. The maximum atomic E-state index is 13.2. The van der Waals surface area contributed by atoms with Crippen molar-refractivity contribution in [3.63, 3.8) is 0 Å². The molecule has 0 saturated heterocycles. The molecule has 1 unspecified atom stereocenters. The topological polar surface area (TPSA) is 50.1 Å².